The van der Waals surface area contributed by atoms with E-state index in [4.69, 9.17) is 16.9 Å². The summed E-state index contributed by atoms with van der Waals surface area (Å²) in [6, 6.07) is 9.60. The number of halogens is 1. The summed E-state index contributed by atoms with van der Waals surface area (Å²) in [5.41, 5.74) is 1.46. The standard InChI is InChI=1S/C14H11ClN2O3/c15-11-5-10(3-1-8(11)6-16)17-7-9-2-4-12(18)14(20)13(9)19/h1-5,17-20H,7H2. The first-order valence-electron chi connectivity index (χ1n) is 5.69. The van der Waals surface area contributed by atoms with Crippen molar-refractivity contribution in [1.29, 1.82) is 5.26 Å². The van der Waals surface area contributed by atoms with E-state index in [0.717, 1.165) is 0 Å². The fourth-order valence-corrected chi connectivity index (χ4v) is 1.89. The van der Waals surface area contributed by atoms with Crippen LogP contribution >= 0.6 is 11.6 Å². The molecule has 0 heterocycles. The first kappa shape index (κ1) is 13.8. The Hall–Kier alpha value is -2.58. The van der Waals surface area contributed by atoms with E-state index in [1.807, 2.05) is 6.07 Å². The zero-order chi connectivity index (χ0) is 14.7. The number of benzene rings is 2. The van der Waals surface area contributed by atoms with Crippen molar-refractivity contribution in [3.05, 3.63) is 46.5 Å². The highest BCUT2D eigenvalue weighted by atomic mass is 35.5. The summed E-state index contributed by atoms with van der Waals surface area (Å²) in [6.07, 6.45) is 0. The predicted molar refractivity (Wildman–Crippen MR) is 74.9 cm³/mol. The molecule has 2 aromatic rings. The lowest BCUT2D eigenvalue weighted by Crippen LogP contribution is -2.00. The Balaban J connectivity index is 2.15. The Kier molecular flexibility index (Phi) is 3.87. The van der Waals surface area contributed by atoms with Gasteiger partial charge in [0.15, 0.2) is 11.5 Å². The number of hydrogen-bond donors (Lipinski definition) is 4. The van der Waals surface area contributed by atoms with Crippen molar-refractivity contribution in [2.45, 2.75) is 6.54 Å². The quantitative estimate of drug-likeness (QED) is 0.652. The second-order valence-electron chi connectivity index (χ2n) is 4.10. The van der Waals surface area contributed by atoms with E-state index < -0.39 is 5.75 Å². The van der Waals surface area contributed by atoms with Gasteiger partial charge in [0.2, 0.25) is 5.75 Å². The van der Waals surface area contributed by atoms with Gasteiger partial charge >= 0.3 is 0 Å². The van der Waals surface area contributed by atoms with E-state index in [9.17, 15) is 15.3 Å². The molecule has 0 saturated heterocycles. The molecule has 0 radical (unpaired) electrons. The maximum atomic E-state index is 9.67. The molecule has 5 nitrogen and oxygen atoms in total. The second kappa shape index (κ2) is 5.59. The molecular weight excluding hydrogens is 280 g/mol. The molecule has 0 fully saturated rings. The minimum absolute atomic E-state index is 0.224. The van der Waals surface area contributed by atoms with Crippen LogP contribution < -0.4 is 5.32 Å². The molecule has 0 aromatic heterocycles. The number of nitriles is 1. The number of rotatable bonds is 3. The molecule has 0 bridgehead atoms. The SMILES string of the molecule is N#Cc1ccc(NCc2ccc(O)c(O)c2O)cc1Cl. The van der Waals surface area contributed by atoms with Gasteiger partial charge in [-0.25, -0.2) is 0 Å². The van der Waals surface area contributed by atoms with Crippen LogP contribution in [0.3, 0.4) is 0 Å². The summed E-state index contributed by atoms with van der Waals surface area (Å²) in [4.78, 5) is 0. The molecule has 2 rings (SSSR count). The Morgan fingerprint density at radius 3 is 2.50 bits per heavy atom. The highest BCUT2D eigenvalue weighted by molar-refractivity contribution is 6.32. The number of nitrogens with zero attached hydrogens (tertiary/aromatic N) is 1. The summed E-state index contributed by atoms with van der Waals surface area (Å²) in [6.45, 7) is 0.224. The fourth-order valence-electron chi connectivity index (χ4n) is 1.67. The minimum Gasteiger partial charge on any atom is -0.504 e. The van der Waals surface area contributed by atoms with Crippen molar-refractivity contribution in [1.82, 2.24) is 0 Å². The van der Waals surface area contributed by atoms with E-state index in [0.29, 0.717) is 21.8 Å². The third kappa shape index (κ3) is 2.71. The van der Waals surface area contributed by atoms with Gasteiger partial charge < -0.3 is 20.6 Å². The third-order valence-corrected chi connectivity index (χ3v) is 3.10. The zero-order valence-corrected chi connectivity index (χ0v) is 11.0. The maximum Gasteiger partial charge on any atom is 0.200 e. The van der Waals surface area contributed by atoms with Crippen LogP contribution in [0.4, 0.5) is 5.69 Å². The van der Waals surface area contributed by atoms with Crippen LogP contribution in [0.25, 0.3) is 0 Å². The average molecular weight is 291 g/mol. The molecule has 102 valence electrons. The molecular formula is C14H11ClN2O3. The first-order valence-corrected chi connectivity index (χ1v) is 6.07. The van der Waals surface area contributed by atoms with Crippen molar-refractivity contribution in [2.24, 2.45) is 0 Å². The highest BCUT2D eigenvalue weighted by Crippen LogP contribution is 2.37. The molecule has 0 aliphatic rings. The van der Waals surface area contributed by atoms with Gasteiger partial charge in [-0.05, 0) is 30.3 Å². The summed E-state index contributed by atoms with van der Waals surface area (Å²) < 4.78 is 0. The van der Waals surface area contributed by atoms with E-state index in [1.54, 1.807) is 18.2 Å². The summed E-state index contributed by atoms with van der Waals surface area (Å²) in [5.74, 6) is -1.31. The van der Waals surface area contributed by atoms with Crippen molar-refractivity contribution >= 4 is 17.3 Å². The lowest BCUT2D eigenvalue weighted by atomic mass is 10.1. The van der Waals surface area contributed by atoms with Crippen molar-refractivity contribution in [2.75, 3.05) is 5.32 Å². The number of aromatic hydroxyl groups is 3. The van der Waals surface area contributed by atoms with Crippen molar-refractivity contribution < 1.29 is 15.3 Å². The van der Waals surface area contributed by atoms with Gasteiger partial charge in [-0.15, -0.1) is 0 Å². The molecule has 0 amide bonds. The highest BCUT2D eigenvalue weighted by Gasteiger charge is 2.10. The Bertz CT molecular complexity index is 696. The van der Waals surface area contributed by atoms with Gasteiger partial charge in [-0.3, -0.25) is 0 Å². The van der Waals surface area contributed by atoms with Gasteiger partial charge in [-0.1, -0.05) is 11.6 Å². The van der Waals surface area contributed by atoms with Crippen molar-refractivity contribution in [3.8, 4) is 23.3 Å². The topological polar surface area (TPSA) is 96.5 Å². The van der Waals surface area contributed by atoms with Gasteiger partial charge in [0.25, 0.3) is 0 Å². The molecule has 0 aliphatic heterocycles. The molecule has 20 heavy (non-hydrogen) atoms. The largest absolute Gasteiger partial charge is 0.504 e. The average Bonchev–Trinajstić information content (AvgIpc) is 2.44. The number of nitrogens with one attached hydrogen (secondary N) is 1. The molecule has 6 heteroatoms. The van der Waals surface area contributed by atoms with Gasteiger partial charge in [-0.2, -0.15) is 5.26 Å². The zero-order valence-electron chi connectivity index (χ0n) is 10.3. The fraction of sp³-hybridized carbons (Fsp3) is 0.0714. The second-order valence-corrected chi connectivity index (χ2v) is 4.51. The number of hydrogen-bond acceptors (Lipinski definition) is 5. The lowest BCUT2D eigenvalue weighted by Gasteiger charge is -2.10. The Morgan fingerprint density at radius 2 is 1.85 bits per heavy atom. The monoisotopic (exact) mass is 290 g/mol. The van der Waals surface area contributed by atoms with Crippen LogP contribution in [0.1, 0.15) is 11.1 Å². The van der Waals surface area contributed by atoms with E-state index in [2.05, 4.69) is 5.32 Å². The first-order chi connectivity index (χ1) is 9.52. The van der Waals surface area contributed by atoms with Crippen molar-refractivity contribution in [3.63, 3.8) is 0 Å². The molecule has 2 aromatic carbocycles. The smallest absolute Gasteiger partial charge is 0.200 e. The molecule has 0 saturated carbocycles. The van der Waals surface area contributed by atoms with Crippen LogP contribution in [-0.2, 0) is 6.54 Å². The number of anilines is 1. The summed E-state index contributed by atoms with van der Waals surface area (Å²) >= 11 is 5.90. The number of phenolic OH excluding ortho intramolecular Hbond substituents is 3. The molecule has 0 atom stereocenters. The Labute approximate surface area is 120 Å². The van der Waals surface area contributed by atoms with E-state index in [1.165, 1.54) is 12.1 Å². The van der Waals surface area contributed by atoms with E-state index in [-0.39, 0.29) is 18.0 Å². The van der Waals surface area contributed by atoms with Crippen LogP contribution in [0, 0.1) is 11.3 Å². The Morgan fingerprint density at radius 1 is 1.10 bits per heavy atom. The van der Waals surface area contributed by atoms with Gasteiger partial charge in [0, 0.05) is 17.8 Å². The third-order valence-electron chi connectivity index (χ3n) is 2.79. The summed E-state index contributed by atoms with van der Waals surface area (Å²) in [7, 11) is 0. The number of phenols is 3. The maximum absolute atomic E-state index is 9.67. The molecule has 0 aliphatic carbocycles. The lowest BCUT2D eigenvalue weighted by molar-refractivity contribution is 0.365. The normalized spacial score (nSPS) is 10.0. The van der Waals surface area contributed by atoms with Gasteiger partial charge in [0.1, 0.15) is 6.07 Å². The van der Waals surface area contributed by atoms with Crippen LogP contribution in [0.2, 0.25) is 5.02 Å². The van der Waals surface area contributed by atoms with Crippen LogP contribution in [-0.4, -0.2) is 15.3 Å². The minimum atomic E-state index is -0.554. The molecule has 4 N–H and O–H groups in total. The van der Waals surface area contributed by atoms with Gasteiger partial charge in [0.05, 0.1) is 10.6 Å². The van der Waals surface area contributed by atoms with E-state index >= 15 is 0 Å². The van der Waals surface area contributed by atoms with Crippen LogP contribution in [0.15, 0.2) is 30.3 Å². The predicted octanol–water partition coefficient (Wildman–Crippen LogP) is 2.94. The summed E-state index contributed by atoms with van der Waals surface area (Å²) in [5, 5.41) is 40.4. The van der Waals surface area contributed by atoms with Crippen LogP contribution in [0.5, 0.6) is 17.2 Å². The molecule has 0 spiro atoms. The molecule has 0 unspecified atom stereocenters.